The van der Waals surface area contributed by atoms with Crippen LogP contribution in [0.25, 0.3) is 0 Å². The number of carbonyl (C=O) groups excluding carboxylic acids is 2. The molecule has 5 nitrogen and oxygen atoms in total. The van der Waals surface area contributed by atoms with Crippen molar-refractivity contribution in [1.29, 1.82) is 0 Å². The van der Waals surface area contributed by atoms with Crippen LogP contribution in [0, 0.1) is 0 Å². The van der Waals surface area contributed by atoms with Crippen molar-refractivity contribution in [2.45, 2.75) is 13.5 Å². The van der Waals surface area contributed by atoms with E-state index in [1.54, 1.807) is 12.1 Å². The molecule has 18 heavy (non-hydrogen) atoms. The molecule has 0 spiro atoms. The zero-order valence-corrected chi connectivity index (χ0v) is 10.9. The fourth-order valence-electron chi connectivity index (χ4n) is 1.27. The van der Waals surface area contributed by atoms with Crippen LogP contribution in [0.5, 0.6) is 0 Å². The fourth-order valence-corrected chi connectivity index (χ4v) is 1.39. The topological polar surface area (TPSA) is 70.2 Å². The quantitative estimate of drug-likeness (QED) is 0.754. The largest absolute Gasteiger partial charge is 0.355 e. The standard InChI is InChI=1S/C12H16ClN3O2/c1-2-14-11(17)8-16-12(18)15-7-9-3-5-10(13)6-4-9/h3-6H,2,7-8H2,1H3,(H,14,17)(H2,15,16,18). The molecule has 0 fully saturated rings. The van der Waals surface area contributed by atoms with Crippen molar-refractivity contribution in [3.05, 3.63) is 34.9 Å². The highest BCUT2D eigenvalue weighted by Gasteiger charge is 2.03. The maximum atomic E-state index is 11.4. The van der Waals surface area contributed by atoms with E-state index in [1.807, 2.05) is 19.1 Å². The molecule has 0 saturated carbocycles. The first kappa shape index (κ1) is 14.3. The molecule has 0 aromatic heterocycles. The van der Waals surface area contributed by atoms with E-state index in [2.05, 4.69) is 16.0 Å². The molecule has 6 heteroatoms. The van der Waals surface area contributed by atoms with Gasteiger partial charge >= 0.3 is 6.03 Å². The predicted octanol–water partition coefficient (Wildman–Crippen LogP) is 1.28. The van der Waals surface area contributed by atoms with Crippen molar-refractivity contribution in [2.75, 3.05) is 13.1 Å². The summed E-state index contributed by atoms with van der Waals surface area (Å²) in [5, 5.41) is 8.34. The average molecular weight is 270 g/mol. The molecule has 0 bridgehead atoms. The summed E-state index contributed by atoms with van der Waals surface area (Å²) in [7, 11) is 0. The summed E-state index contributed by atoms with van der Waals surface area (Å²) in [4.78, 5) is 22.5. The van der Waals surface area contributed by atoms with Crippen molar-refractivity contribution in [3.63, 3.8) is 0 Å². The van der Waals surface area contributed by atoms with Crippen LogP contribution in [0.4, 0.5) is 4.79 Å². The number of likely N-dealkylation sites (N-methyl/N-ethyl adjacent to an activating group) is 1. The first-order chi connectivity index (χ1) is 8.61. The Balaban J connectivity index is 2.24. The van der Waals surface area contributed by atoms with Gasteiger partial charge in [0.25, 0.3) is 0 Å². The minimum atomic E-state index is -0.379. The average Bonchev–Trinajstić information content (AvgIpc) is 2.36. The monoisotopic (exact) mass is 269 g/mol. The summed E-state index contributed by atoms with van der Waals surface area (Å²) in [6.07, 6.45) is 0. The number of halogens is 1. The van der Waals surface area contributed by atoms with E-state index in [0.29, 0.717) is 18.1 Å². The summed E-state index contributed by atoms with van der Waals surface area (Å²) in [6, 6.07) is 6.78. The van der Waals surface area contributed by atoms with Gasteiger partial charge < -0.3 is 16.0 Å². The maximum absolute atomic E-state index is 11.4. The maximum Gasteiger partial charge on any atom is 0.315 e. The molecule has 0 radical (unpaired) electrons. The Bertz CT molecular complexity index is 406. The number of urea groups is 1. The second-order valence-electron chi connectivity index (χ2n) is 3.62. The van der Waals surface area contributed by atoms with Crippen LogP contribution < -0.4 is 16.0 Å². The van der Waals surface area contributed by atoms with Gasteiger partial charge in [-0.25, -0.2) is 4.79 Å². The Morgan fingerprint density at radius 2 is 1.78 bits per heavy atom. The van der Waals surface area contributed by atoms with Crippen molar-refractivity contribution in [2.24, 2.45) is 0 Å². The molecule has 0 aliphatic rings. The lowest BCUT2D eigenvalue weighted by Gasteiger charge is -2.07. The predicted molar refractivity (Wildman–Crippen MR) is 70.4 cm³/mol. The van der Waals surface area contributed by atoms with Crippen LogP contribution in [-0.2, 0) is 11.3 Å². The second-order valence-corrected chi connectivity index (χ2v) is 4.05. The van der Waals surface area contributed by atoms with Gasteiger partial charge in [0.2, 0.25) is 5.91 Å². The van der Waals surface area contributed by atoms with E-state index < -0.39 is 0 Å². The minimum absolute atomic E-state index is 0.0275. The van der Waals surface area contributed by atoms with Gasteiger partial charge in [-0.3, -0.25) is 4.79 Å². The Morgan fingerprint density at radius 3 is 2.39 bits per heavy atom. The molecule has 3 amide bonds. The molecule has 0 aliphatic carbocycles. The number of nitrogens with one attached hydrogen (secondary N) is 3. The highest BCUT2D eigenvalue weighted by molar-refractivity contribution is 6.30. The molecule has 3 N–H and O–H groups in total. The summed E-state index contributed by atoms with van der Waals surface area (Å²) in [5.74, 6) is -0.209. The van der Waals surface area contributed by atoms with Crippen LogP contribution in [-0.4, -0.2) is 25.0 Å². The van der Waals surface area contributed by atoms with Crippen molar-refractivity contribution in [1.82, 2.24) is 16.0 Å². The molecular weight excluding hydrogens is 254 g/mol. The van der Waals surface area contributed by atoms with Gasteiger partial charge in [0, 0.05) is 18.1 Å². The zero-order chi connectivity index (χ0) is 13.4. The van der Waals surface area contributed by atoms with E-state index in [1.165, 1.54) is 0 Å². The van der Waals surface area contributed by atoms with Crippen molar-refractivity contribution in [3.8, 4) is 0 Å². The van der Waals surface area contributed by atoms with Gasteiger partial charge in [0.05, 0.1) is 6.54 Å². The third-order valence-electron chi connectivity index (χ3n) is 2.15. The van der Waals surface area contributed by atoms with Gasteiger partial charge in [0.1, 0.15) is 0 Å². The van der Waals surface area contributed by atoms with Crippen LogP contribution in [0.1, 0.15) is 12.5 Å². The van der Waals surface area contributed by atoms with E-state index in [4.69, 9.17) is 11.6 Å². The van der Waals surface area contributed by atoms with Gasteiger partial charge in [-0.2, -0.15) is 0 Å². The van der Waals surface area contributed by atoms with E-state index in [-0.39, 0.29) is 18.5 Å². The number of benzene rings is 1. The lowest BCUT2D eigenvalue weighted by atomic mass is 10.2. The molecule has 1 rings (SSSR count). The number of rotatable bonds is 5. The van der Waals surface area contributed by atoms with Gasteiger partial charge in [0.15, 0.2) is 0 Å². The Kier molecular flexibility index (Phi) is 6.00. The summed E-state index contributed by atoms with van der Waals surface area (Å²) >= 11 is 5.74. The van der Waals surface area contributed by atoms with E-state index >= 15 is 0 Å². The molecule has 98 valence electrons. The highest BCUT2D eigenvalue weighted by Crippen LogP contribution is 2.08. The number of amides is 3. The lowest BCUT2D eigenvalue weighted by molar-refractivity contribution is -0.119. The van der Waals surface area contributed by atoms with Crippen LogP contribution in [0.2, 0.25) is 5.02 Å². The molecule has 1 aromatic rings. The Hall–Kier alpha value is -1.75. The number of hydrogen-bond donors (Lipinski definition) is 3. The second kappa shape index (κ2) is 7.55. The minimum Gasteiger partial charge on any atom is -0.355 e. The third-order valence-corrected chi connectivity index (χ3v) is 2.40. The molecule has 0 unspecified atom stereocenters. The molecule has 0 aliphatic heterocycles. The smallest absolute Gasteiger partial charge is 0.315 e. The normalized spacial score (nSPS) is 9.67. The number of carbonyl (C=O) groups is 2. The van der Waals surface area contributed by atoms with Gasteiger partial charge in [-0.1, -0.05) is 23.7 Å². The lowest BCUT2D eigenvalue weighted by Crippen LogP contribution is -2.41. The summed E-state index contributed by atoms with van der Waals surface area (Å²) in [6.45, 7) is 2.73. The fraction of sp³-hybridized carbons (Fsp3) is 0.333. The van der Waals surface area contributed by atoms with Crippen molar-refractivity contribution >= 4 is 23.5 Å². The Labute approximate surface area is 111 Å². The molecule has 1 aromatic carbocycles. The number of hydrogen-bond acceptors (Lipinski definition) is 2. The molecule has 0 atom stereocenters. The zero-order valence-electron chi connectivity index (χ0n) is 10.1. The summed E-state index contributed by atoms with van der Waals surface area (Å²) in [5.41, 5.74) is 0.938. The van der Waals surface area contributed by atoms with E-state index in [0.717, 1.165) is 5.56 Å². The SMILES string of the molecule is CCNC(=O)CNC(=O)NCc1ccc(Cl)cc1. The van der Waals surface area contributed by atoms with Crippen LogP contribution >= 0.6 is 11.6 Å². The molecule has 0 saturated heterocycles. The highest BCUT2D eigenvalue weighted by atomic mass is 35.5. The van der Waals surface area contributed by atoms with Crippen LogP contribution in [0.15, 0.2) is 24.3 Å². The van der Waals surface area contributed by atoms with Gasteiger partial charge in [-0.15, -0.1) is 0 Å². The summed E-state index contributed by atoms with van der Waals surface area (Å²) < 4.78 is 0. The molecule has 0 heterocycles. The first-order valence-corrected chi connectivity index (χ1v) is 6.02. The van der Waals surface area contributed by atoms with E-state index in [9.17, 15) is 9.59 Å². The van der Waals surface area contributed by atoms with Gasteiger partial charge in [-0.05, 0) is 24.6 Å². The third kappa shape index (κ3) is 5.54. The first-order valence-electron chi connectivity index (χ1n) is 5.64. The molecular formula is C12H16ClN3O2. The van der Waals surface area contributed by atoms with Crippen LogP contribution in [0.3, 0.4) is 0 Å². The Morgan fingerprint density at radius 1 is 1.11 bits per heavy atom. The van der Waals surface area contributed by atoms with Crippen molar-refractivity contribution < 1.29 is 9.59 Å².